The summed E-state index contributed by atoms with van der Waals surface area (Å²) >= 11 is 0. The largest absolute Gasteiger partial charge is 0.459 e. The Labute approximate surface area is 195 Å². The molecule has 1 heterocycles. The summed E-state index contributed by atoms with van der Waals surface area (Å²) in [5.74, 6) is 4.15. The first-order chi connectivity index (χ1) is 15.7. The van der Waals surface area contributed by atoms with Crippen LogP contribution in [0.15, 0.2) is 0 Å². The Hall–Kier alpha value is -1.39. The quantitative estimate of drug-likeness (QED) is 0.473. The van der Waals surface area contributed by atoms with Gasteiger partial charge in [0.1, 0.15) is 5.60 Å². The summed E-state index contributed by atoms with van der Waals surface area (Å²) in [6, 6.07) is 0. The average Bonchev–Trinajstić information content (AvgIpc) is 3.25. The van der Waals surface area contributed by atoms with Crippen LogP contribution < -0.4 is 0 Å². The molecule has 7 aliphatic carbocycles. The number of ether oxygens (including phenoxy) is 2. The molecule has 8 rings (SSSR count). The van der Waals surface area contributed by atoms with Gasteiger partial charge in [-0.05, 0) is 111 Å². The van der Waals surface area contributed by atoms with Crippen molar-refractivity contribution in [2.75, 3.05) is 0 Å². The molecule has 4 bridgehead atoms. The monoisotopic (exact) mass is 452 g/mol. The van der Waals surface area contributed by atoms with Gasteiger partial charge in [-0.15, -0.1) is 0 Å². The Bertz CT molecular complexity index is 989. The molecular formula is C28H36O5. The fourth-order valence-corrected chi connectivity index (χ4v) is 12.0. The normalized spacial score (nSPS) is 63.2. The number of carbonyl (C=O) groups excluding carboxylic acids is 3. The van der Waals surface area contributed by atoms with Crippen molar-refractivity contribution in [1.82, 2.24) is 0 Å². The summed E-state index contributed by atoms with van der Waals surface area (Å²) in [5, 5.41) is 0. The van der Waals surface area contributed by atoms with Crippen LogP contribution in [-0.2, 0) is 23.9 Å². The lowest BCUT2D eigenvalue weighted by Crippen LogP contribution is -2.56. The molecule has 0 radical (unpaired) electrons. The lowest BCUT2D eigenvalue weighted by atomic mass is 9.58. The zero-order valence-electron chi connectivity index (χ0n) is 20.0. The van der Waals surface area contributed by atoms with Crippen LogP contribution in [0.3, 0.4) is 0 Å². The van der Waals surface area contributed by atoms with E-state index in [9.17, 15) is 14.4 Å². The van der Waals surface area contributed by atoms with Crippen LogP contribution in [0.2, 0.25) is 0 Å². The van der Waals surface area contributed by atoms with Crippen molar-refractivity contribution in [3.05, 3.63) is 0 Å². The molecule has 0 aromatic rings. The maximum atomic E-state index is 13.6. The number of rotatable bonds is 3. The first-order valence-electron chi connectivity index (χ1n) is 13.7. The molecule has 1 spiro atoms. The fraction of sp³-hybridized carbons (Fsp3) is 0.893. The molecule has 178 valence electrons. The van der Waals surface area contributed by atoms with E-state index in [0.29, 0.717) is 40.9 Å². The summed E-state index contributed by atoms with van der Waals surface area (Å²) < 4.78 is 11.5. The molecule has 0 N–H and O–H groups in total. The first-order valence-corrected chi connectivity index (χ1v) is 13.7. The Balaban J connectivity index is 1.05. The summed E-state index contributed by atoms with van der Waals surface area (Å²) in [7, 11) is 0. The van der Waals surface area contributed by atoms with Crippen molar-refractivity contribution in [2.45, 2.75) is 71.3 Å². The molecule has 15 atom stereocenters. The summed E-state index contributed by atoms with van der Waals surface area (Å²) in [4.78, 5) is 38.5. The van der Waals surface area contributed by atoms with Gasteiger partial charge in [0.15, 0.2) is 0 Å². The second-order valence-corrected chi connectivity index (χ2v) is 13.8. The third-order valence-electron chi connectivity index (χ3n) is 13.3. The topological polar surface area (TPSA) is 69.7 Å². The predicted octanol–water partition coefficient (Wildman–Crippen LogP) is 4.23. The van der Waals surface area contributed by atoms with Gasteiger partial charge >= 0.3 is 17.9 Å². The smallest absolute Gasteiger partial charge is 0.317 e. The molecule has 0 amide bonds. The van der Waals surface area contributed by atoms with Gasteiger partial charge in [0.25, 0.3) is 0 Å². The van der Waals surface area contributed by atoms with Crippen molar-refractivity contribution < 1.29 is 23.9 Å². The van der Waals surface area contributed by atoms with Crippen molar-refractivity contribution in [2.24, 2.45) is 82.3 Å². The summed E-state index contributed by atoms with van der Waals surface area (Å²) in [6.07, 6.45) is 8.12. The van der Waals surface area contributed by atoms with Crippen molar-refractivity contribution in [3.8, 4) is 0 Å². The number of hydrogen-bond donors (Lipinski definition) is 0. The van der Waals surface area contributed by atoms with E-state index in [1.54, 1.807) is 0 Å². The summed E-state index contributed by atoms with van der Waals surface area (Å²) in [5.41, 5.74) is 0.107. The highest BCUT2D eigenvalue weighted by Gasteiger charge is 2.79. The van der Waals surface area contributed by atoms with E-state index in [2.05, 4.69) is 20.8 Å². The number of carbonyl (C=O) groups is 3. The number of fused-ring (bicyclic) bond motifs is 7. The van der Waals surface area contributed by atoms with Crippen LogP contribution in [0.1, 0.15) is 65.7 Å². The molecule has 33 heavy (non-hydrogen) atoms. The molecule has 1 saturated heterocycles. The van der Waals surface area contributed by atoms with Crippen LogP contribution in [-0.4, -0.2) is 23.5 Å². The molecule has 8 fully saturated rings. The van der Waals surface area contributed by atoms with E-state index in [1.807, 2.05) is 0 Å². The van der Waals surface area contributed by atoms with Crippen molar-refractivity contribution >= 4 is 17.9 Å². The second kappa shape index (κ2) is 5.87. The zero-order valence-corrected chi connectivity index (χ0v) is 20.0. The highest BCUT2D eigenvalue weighted by atomic mass is 16.6. The zero-order chi connectivity index (χ0) is 22.6. The minimum Gasteiger partial charge on any atom is -0.459 e. The van der Waals surface area contributed by atoms with Crippen LogP contribution in [0.25, 0.3) is 0 Å². The van der Waals surface area contributed by atoms with E-state index in [4.69, 9.17) is 9.47 Å². The van der Waals surface area contributed by atoms with Gasteiger partial charge in [-0.25, -0.2) is 0 Å². The van der Waals surface area contributed by atoms with Crippen LogP contribution >= 0.6 is 0 Å². The van der Waals surface area contributed by atoms with Gasteiger partial charge in [0.2, 0.25) is 0 Å². The maximum Gasteiger partial charge on any atom is 0.317 e. The SMILES string of the molecule is CC1C2CC(C(=O)OC3(C)CC4CCC5CC453)C(C2)C1C1C(C)C2CC1C1C(=O)OC(=O)C21. The van der Waals surface area contributed by atoms with Gasteiger partial charge < -0.3 is 9.47 Å². The molecule has 0 aromatic heterocycles. The van der Waals surface area contributed by atoms with Gasteiger partial charge in [-0.2, -0.15) is 0 Å². The van der Waals surface area contributed by atoms with Gasteiger partial charge in [-0.3, -0.25) is 14.4 Å². The van der Waals surface area contributed by atoms with Gasteiger partial charge in [0.05, 0.1) is 17.8 Å². The van der Waals surface area contributed by atoms with E-state index in [-0.39, 0.29) is 53.1 Å². The number of hydrogen-bond acceptors (Lipinski definition) is 5. The van der Waals surface area contributed by atoms with Gasteiger partial charge in [0, 0.05) is 5.41 Å². The van der Waals surface area contributed by atoms with E-state index in [1.165, 1.54) is 19.3 Å². The lowest BCUT2D eigenvalue weighted by molar-refractivity contribution is -0.204. The minimum absolute atomic E-state index is 0.0290. The fourth-order valence-electron chi connectivity index (χ4n) is 12.0. The van der Waals surface area contributed by atoms with Crippen LogP contribution in [0.4, 0.5) is 0 Å². The maximum absolute atomic E-state index is 13.6. The highest BCUT2D eigenvalue weighted by Crippen LogP contribution is 2.81. The molecule has 0 aromatic carbocycles. The van der Waals surface area contributed by atoms with E-state index < -0.39 is 0 Å². The van der Waals surface area contributed by atoms with E-state index >= 15 is 0 Å². The summed E-state index contributed by atoms with van der Waals surface area (Å²) in [6.45, 7) is 6.91. The Morgan fingerprint density at radius 2 is 1.55 bits per heavy atom. The molecule has 5 nitrogen and oxygen atoms in total. The average molecular weight is 453 g/mol. The Morgan fingerprint density at radius 3 is 2.21 bits per heavy atom. The van der Waals surface area contributed by atoms with Crippen LogP contribution in [0, 0.1) is 82.3 Å². The Morgan fingerprint density at radius 1 is 0.879 bits per heavy atom. The van der Waals surface area contributed by atoms with Crippen LogP contribution in [0.5, 0.6) is 0 Å². The molecule has 1 aliphatic heterocycles. The Kier molecular flexibility index (Phi) is 3.53. The third kappa shape index (κ3) is 2.09. The second-order valence-electron chi connectivity index (χ2n) is 13.8. The molecular weight excluding hydrogens is 416 g/mol. The highest BCUT2D eigenvalue weighted by molar-refractivity contribution is 5.97. The number of cyclic esters (lactones) is 2. The van der Waals surface area contributed by atoms with Gasteiger partial charge in [-0.1, -0.05) is 13.8 Å². The van der Waals surface area contributed by atoms with Crippen molar-refractivity contribution in [3.63, 3.8) is 0 Å². The molecule has 15 unspecified atom stereocenters. The third-order valence-corrected chi connectivity index (χ3v) is 13.3. The van der Waals surface area contributed by atoms with Crippen molar-refractivity contribution in [1.29, 1.82) is 0 Å². The first kappa shape index (κ1) is 19.9. The standard InChI is InChI=1S/C28H36O5/c1-11-13-6-17(18(7-13)24(29)33-27(3)9-14-4-5-15-10-28(14,15)27)20(11)21-12(2)16-8-19(21)23-22(16)25(30)32-26(23)31/h11-23H,4-10H2,1-3H3. The van der Waals surface area contributed by atoms with E-state index in [0.717, 1.165) is 37.5 Å². The molecule has 8 aliphatic rings. The lowest BCUT2D eigenvalue weighted by Gasteiger charge is -2.53. The molecule has 7 saturated carbocycles. The number of esters is 3. The molecule has 5 heteroatoms. The predicted molar refractivity (Wildman–Crippen MR) is 117 cm³/mol. The minimum atomic E-state index is -0.276.